The van der Waals surface area contributed by atoms with Crippen LogP contribution in [0.5, 0.6) is 0 Å². The fraction of sp³-hybridized carbons (Fsp3) is 0.591. The van der Waals surface area contributed by atoms with Gasteiger partial charge in [-0.3, -0.25) is 14.4 Å². The summed E-state index contributed by atoms with van der Waals surface area (Å²) in [6, 6.07) is 7.29. The predicted octanol–water partition coefficient (Wildman–Crippen LogP) is 1.29. The van der Waals surface area contributed by atoms with Gasteiger partial charge in [0.1, 0.15) is 6.04 Å². The third-order valence-electron chi connectivity index (χ3n) is 5.96. The molecule has 29 heavy (non-hydrogen) atoms. The number of aryl methyl sites for hydroxylation is 1. The van der Waals surface area contributed by atoms with Crippen molar-refractivity contribution in [3.8, 4) is 0 Å². The third kappa shape index (κ3) is 5.35. The van der Waals surface area contributed by atoms with E-state index in [4.69, 9.17) is 0 Å². The van der Waals surface area contributed by atoms with E-state index in [0.717, 1.165) is 32.1 Å². The Labute approximate surface area is 172 Å². The van der Waals surface area contributed by atoms with Gasteiger partial charge >= 0.3 is 0 Å². The molecule has 1 aliphatic carbocycles. The highest BCUT2D eigenvalue weighted by atomic mass is 16.2. The van der Waals surface area contributed by atoms with Crippen LogP contribution >= 0.6 is 0 Å². The van der Waals surface area contributed by atoms with Crippen LogP contribution in [0.25, 0.3) is 0 Å². The summed E-state index contributed by atoms with van der Waals surface area (Å²) < 4.78 is 0. The summed E-state index contributed by atoms with van der Waals surface area (Å²) in [6.45, 7) is 2.33. The molecule has 0 saturated carbocycles. The first-order valence-corrected chi connectivity index (χ1v) is 10.6. The zero-order valence-electron chi connectivity index (χ0n) is 17.4. The average molecular weight is 401 g/mol. The predicted molar refractivity (Wildman–Crippen MR) is 111 cm³/mol. The molecule has 2 aliphatic rings. The van der Waals surface area contributed by atoms with E-state index < -0.39 is 6.04 Å². The summed E-state index contributed by atoms with van der Waals surface area (Å²) in [5.74, 6) is -0.509. The van der Waals surface area contributed by atoms with Crippen molar-refractivity contribution in [3.63, 3.8) is 0 Å². The van der Waals surface area contributed by atoms with Crippen LogP contribution in [0, 0.1) is 0 Å². The van der Waals surface area contributed by atoms with Crippen LogP contribution < -0.4 is 16.0 Å². The van der Waals surface area contributed by atoms with Gasteiger partial charge in [-0.15, -0.1) is 0 Å². The van der Waals surface area contributed by atoms with Gasteiger partial charge in [0.2, 0.25) is 17.7 Å². The molecular weight excluding hydrogens is 368 g/mol. The Kier molecular flexibility index (Phi) is 7.25. The Balaban J connectivity index is 1.60. The van der Waals surface area contributed by atoms with E-state index in [1.165, 1.54) is 11.1 Å². The molecule has 1 heterocycles. The minimum absolute atomic E-state index is 0.00140. The molecule has 3 atom stereocenters. The van der Waals surface area contributed by atoms with Crippen molar-refractivity contribution in [2.75, 3.05) is 20.1 Å². The first-order chi connectivity index (χ1) is 14.0. The molecule has 3 rings (SSSR count). The Morgan fingerprint density at radius 2 is 1.86 bits per heavy atom. The maximum Gasteiger partial charge on any atom is 0.245 e. The van der Waals surface area contributed by atoms with Crippen LogP contribution in [-0.2, 0) is 20.8 Å². The number of hydrogen-bond acceptors (Lipinski definition) is 4. The summed E-state index contributed by atoms with van der Waals surface area (Å²) in [5.41, 5.74) is 2.47. The molecule has 0 aromatic heterocycles. The maximum atomic E-state index is 12.9. The number of hydrogen-bond donors (Lipinski definition) is 3. The number of likely N-dealkylation sites (N-methyl/N-ethyl adjacent to an activating group) is 1. The highest BCUT2D eigenvalue weighted by Crippen LogP contribution is 2.29. The van der Waals surface area contributed by atoms with Crippen LogP contribution in [0.15, 0.2) is 24.3 Å². The van der Waals surface area contributed by atoms with E-state index in [9.17, 15) is 14.4 Å². The van der Waals surface area contributed by atoms with Crippen LogP contribution in [-0.4, -0.2) is 54.8 Å². The Bertz CT molecular complexity index is 751. The van der Waals surface area contributed by atoms with Gasteiger partial charge in [0, 0.05) is 6.54 Å². The van der Waals surface area contributed by atoms with Crippen LogP contribution in [0.1, 0.15) is 56.2 Å². The number of carbonyl (C=O) groups is 3. The minimum atomic E-state index is -0.566. The zero-order valence-corrected chi connectivity index (χ0v) is 17.4. The second-order valence-corrected chi connectivity index (χ2v) is 8.04. The van der Waals surface area contributed by atoms with E-state index in [2.05, 4.69) is 28.1 Å². The molecule has 3 N–H and O–H groups in total. The summed E-state index contributed by atoms with van der Waals surface area (Å²) in [4.78, 5) is 39.4. The normalized spacial score (nSPS) is 23.0. The zero-order chi connectivity index (χ0) is 20.8. The lowest BCUT2D eigenvalue weighted by Crippen LogP contribution is -2.53. The van der Waals surface area contributed by atoms with Crippen molar-refractivity contribution in [2.45, 2.75) is 63.6 Å². The summed E-state index contributed by atoms with van der Waals surface area (Å²) in [6.07, 6.45) is 5.28. The maximum absolute atomic E-state index is 12.9. The number of amides is 3. The van der Waals surface area contributed by atoms with E-state index in [-0.39, 0.29) is 36.3 Å². The summed E-state index contributed by atoms with van der Waals surface area (Å²) >= 11 is 0. The lowest BCUT2D eigenvalue weighted by Gasteiger charge is -2.29. The Morgan fingerprint density at radius 1 is 1.10 bits per heavy atom. The second kappa shape index (κ2) is 9.87. The molecule has 0 bridgehead atoms. The van der Waals surface area contributed by atoms with Crippen molar-refractivity contribution in [1.29, 1.82) is 0 Å². The van der Waals surface area contributed by atoms with Crippen molar-refractivity contribution >= 4 is 17.7 Å². The van der Waals surface area contributed by atoms with Gasteiger partial charge in [0.15, 0.2) is 0 Å². The molecule has 158 valence electrons. The van der Waals surface area contributed by atoms with Gasteiger partial charge in [0.25, 0.3) is 0 Å². The van der Waals surface area contributed by atoms with E-state index in [0.29, 0.717) is 13.0 Å². The Morgan fingerprint density at radius 3 is 2.66 bits per heavy atom. The molecule has 1 aliphatic heterocycles. The monoisotopic (exact) mass is 400 g/mol. The number of nitrogens with zero attached hydrogens (tertiary/aromatic N) is 1. The highest BCUT2D eigenvalue weighted by molar-refractivity contribution is 5.92. The van der Waals surface area contributed by atoms with Gasteiger partial charge in [-0.05, 0) is 63.6 Å². The number of rotatable bonds is 6. The van der Waals surface area contributed by atoms with E-state index in [1.807, 2.05) is 12.1 Å². The molecule has 0 radical (unpaired) electrons. The quantitative estimate of drug-likeness (QED) is 0.671. The molecule has 1 fully saturated rings. The molecule has 0 spiro atoms. The molecule has 7 nitrogen and oxygen atoms in total. The van der Waals surface area contributed by atoms with E-state index >= 15 is 0 Å². The number of likely N-dealkylation sites (tertiary alicyclic amines) is 1. The first-order valence-electron chi connectivity index (χ1n) is 10.6. The number of fused-ring (bicyclic) bond motifs is 1. The number of carbonyl (C=O) groups excluding carboxylic acids is 3. The largest absolute Gasteiger partial charge is 0.348 e. The van der Waals surface area contributed by atoms with Crippen molar-refractivity contribution in [2.24, 2.45) is 0 Å². The number of benzene rings is 1. The molecule has 1 unspecified atom stereocenters. The highest BCUT2D eigenvalue weighted by Gasteiger charge is 2.31. The van der Waals surface area contributed by atoms with Crippen LogP contribution in [0.4, 0.5) is 0 Å². The number of nitrogens with one attached hydrogen (secondary N) is 3. The SMILES string of the molecule is CN[C@@H](C)C(=O)NC1CCCCN(CC(=O)N[C@@H]2CCCc3ccccc32)C1=O. The standard InChI is InChI=1S/C22H32N4O3/c1-15(23-2)21(28)25-19-11-5-6-13-26(22(19)29)14-20(27)24-18-12-7-9-16-8-3-4-10-17(16)18/h3-4,8,10,15,18-19,23H,5-7,9,11-14H2,1-2H3,(H,24,27)(H,25,28)/t15-,18+,19?/m0/s1. The van der Waals surface area contributed by atoms with Gasteiger partial charge in [-0.1, -0.05) is 24.3 Å². The van der Waals surface area contributed by atoms with Gasteiger partial charge in [-0.2, -0.15) is 0 Å². The van der Waals surface area contributed by atoms with Crippen LogP contribution in [0.2, 0.25) is 0 Å². The third-order valence-corrected chi connectivity index (χ3v) is 5.96. The smallest absolute Gasteiger partial charge is 0.245 e. The fourth-order valence-electron chi connectivity index (χ4n) is 4.14. The average Bonchev–Trinajstić information content (AvgIpc) is 2.89. The van der Waals surface area contributed by atoms with Gasteiger partial charge in [-0.25, -0.2) is 0 Å². The van der Waals surface area contributed by atoms with Gasteiger partial charge in [0.05, 0.1) is 18.6 Å². The lowest BCUT2D eigenvalue weighted by atomic mass is 9.88. The molecular formula is C22H32N4O3. The van der Waals surface area contributed by atoms with E-state index in [1.54, 1.807) is 18.9 Å². The van der Waals surface area contributed by atoms with Crippen molar-refractivity contribution in [1.82, 2.24) is 20.9 Å². The summed E-state index contributed by atoms with van der Waals surface area (Å²) in [5, 5.41) is 8.83. The fourth-order valence-corrected chi connectivity index (χ4v) is 4.14. The molecule has 7 heteroatoms. The summed E-state index contributed by atoms with van der Waals surface area (Å²) in [7, 11) is 1.71. The van der Waals surface area contributed by atoms with Gasteiger partial charge < -0.3 is 20.9 Å². The molecule has 1 saturated heterocycles. The molecule has 3 amide bonds. The van der Waals surface area contributed by atoms with Crippen LogP contribution in [0.3, 0.4) is 0 Å². The minimum Gasteiger partial charge on any atom is -0.348 e. The molecule has 1 aromatic carbocycles. The second-order valence-electron chi connectivity index (χ2n) is 8.04. The van der Waals surface area contributed by atoms with Crippen molar-refractivity contribution < 1.29 is 14.4 Å². The first kappa shape index (κ1) is 21.3. The Hall–Kier alpha value is -2.41. The van der Waals surface area contributed by atoms with Crippen molar-refractivity contribution in [3.05, 3.63) is 35.4 Å². The lowest BCUT2D eigenvalue weighted by molar-refractivity contribution is -0.139. The molecule has 1 aromatic rings. The topological polar surface area (TPSA) is 90.5 Å².